The van der Waals surface area contributed by atoms with Crippen molar-refractivity contribution in [3.8, 4) is 0 Å². The highest BCUT2D eigenvalue weighted by atomic mass is 16.8. The van der Waals surface area contributed by atoms with Crippen LogP contribution in [0.25, 0.3) is 0 Å². The lowest BCUT2D eigenvalue weighted by molar-refractivity contribution is -0.302. The molecule has 0 radical (unpaired) electrons. The number of aliphatic hydroxyl groups is 2. The van der Waals surface area contributed by atoms with Crippen LogP contribution in [0.4, 0.5) is 4.79 Å². The van der Waals surface area contributed by atoms with E-state index in [-0.39, 0.29) is 5.92 Å². The maximum atomic E-state index is 10.6. The van der Waals surface area contributed by atoms with E-state index in [2.05, 4.69) is 10.1 Å². The summed E-state index contributed by atoms with van der Waals surface area (Å²) in [6.07, 6.45) is -0.315. The lowest BCUT2D eigenvalue weighted by Crippen LogP contribution is -2.44. The molecule has 1 heterocycles. The Kier molecular flexibility index (Phi) is 2.25. The number of carbonyl (C=O) groups is 1. The van der Waals surface area contributed by atoms with E-state index < -0.39 is 18.1 Å². The fourth-order valence-corrected chi connectivity index (χ4v) is 1.16. The number of cyclic esters (lactones) is 1. The molecule has 5 nitrogen and oxygen atoms in total. The maximum Gasteiger partial charge on any atom is 0.412 e. The first-order chi connectivity index (χ1) is 5.42. The zero-order valence-corrected chi connectivity index (χ0v) is 7.07. The molecular formula is C7H13NO4. The summed E-state index contributed by atoms with van der Waals surface area (Å²) in [5, 5.41) is 20.6. The van der Waals surface area contributed by atoms with E-state index in [4.69, 9.17) is 10.2 Å². The molecule has 3 N–H and O–H groups in total. The Balaban J connectivity index is 2.59. The molecule has 1 saturated heterocycles. The molecule has 5 heteroatoms. The van der Waals surface area contributed by atoms with Gasteiger partial charge in [-0.05, 0) is 12.3 Å². The minimum Gasteiger partial charge on any atom is -0.390 e. The van der Waals surface area contributed by atoms with Crippen LogP contribution in [0, 0.1) is 5.92 Å². The van der Waals surface area contributed by atoms with Crippen LogP contribution in [0.3, 0.4) is 0 Å². The first-order valence-corrected chi connectivity index (χ1v) is 3.86. The van der Waals surface area contributed by atoms with E-state index in [1.54, 1.807) is 0 Å². The van der Waals surface area contributed by atoms with Gasteiger partial charge in [-0.2, -0.15) is 0 Å². The Labute approximate surface area is 70.3 Å². The molecule has 0 aromatic rings. The molecule has 0 saturated carbocycles. The van der Waals surface area contributed by atoms with Gasteiger partial charge in [0.2, 0.25) is 0 Å². The molecule has 1 fully saturated rings. The summed E-state index contributed by atoms with van der Waals surface area (Å²) in [5.41, 5.74) is 0. The highest BCUT2D eigenvalue weighted by Crippen LogP contribution is 2.21. The first-order valence-electron chi connectivity index (χ1n) is 3.86. The lowest BCUT2D eigenvalue weighted by atomic mass is 10.0. The van der Waals surface area contributed by atoms with Gasteiger partial charge in [0.15, 0.2) is 0 Å². The standard InChI is InChI=1S/C7H13NO4/c1-4(2)3-5-7(10,11)12-6(9)8-5/h4-5,10-11H,3H2,1-2H3,(H,8,9). The highest BCUT2D eigenvalue weighted by molar-refractivity contribution is 5.70. The topological polar surface area (TPSA) is 78.8 Å². The summed E-state index contributed by atoms with van der Waals surface area (Å²) in [7, 11) is 0. The van der Waals surface area contributed by atoms with E-state index in [1.165, 1.54) is 0 Å². The molecule has 70 valence electrons. The van der Waals surface area contributed by atoms with Gasteiger partial charge in [0, 0.05) is 0 Å². The predicted molar refractivity (Wildman–Crippen MR) is 40.0 cm³/mol. The molecule has 12 heavy (non-hydrogen) atoms. The molecule has 1 unspecified atom stereocenters. The molecule has 0 aromatic carbocycles. The summed E-state index contributed by atoms with van der Waals surface area (Å²) in [6.45, 7) is 3.83. The van der Waals surface area contributed by atoms with Gasteiger partial charge in [0.05, 0.1) is 0 Å². The number of nitrogens with one attached hydrogen (secondary N) is 1. The van der Waals surface area contributed by atoms with Gasteiger partial charge in [-0.1, -0.05) is 13.8 Å². The summed E-state index contributed by atoms with van der Waals surface area (Å²) in [4.78, 5) is 10.6. The smallest absolute Gasteiger partial charge is 0.390 e. The molecule has 1 amide bonds. The lowest BCUT2D eigenvalue weighted by Gasteiger charge is -2.20. The van der Waals surface area contributed by atoms with Crippen molar-refractivity contribution in [2.75, 3.05) is 0 Å². The molecule has 1 rings (SSSR count). The molecule has 1 atom stereocenters. The molecule has 0 aromatic heterocycles. The largest absolute Gasteiger partial charge is 0.412 e. The van der Waals surface area contributed by atoms with Gasteiger partial charge in [0.1, 0.15) is 6.04 Å². The number of amides is 1. The third-order valence-electron chi connectivity index (χ3n) is 1.70. The quantitative estimate of drug-likeness (QED) is 0.507. The van der Waals surface area contributed by atoms with Crippen LogP contribution in [-0.4, -0.2) is 28.3 Å². The molecule has 0 aliphatic carbocycles. The second-order valence-corrected chi connectivity index (χ2v) is 3.37. The zero-order chi connectivity index (χ0) is 9.35. The van der Waals surface area contributed by atoms with E-state index >= 15 is 0 Å². The number of carbonyl (C=O) groups excluding carboxylic acids is 1. The number of rotatable bonds is 2. The molecule has 1 aliphatic heterocycles. The van der Waals surface area contributed by atoms with Crippen LogP contribution < -0.4 is 5.32 Å². The van der Waals surface area contributed by atoms with Crippen molar-refractivity contribution >= 4 is 6.09 Å². The van der Waals surface area contributed by atoms with E-state index in [9.17, 15) is 4.79 Å². The summed E-state index contributed by atoms with van der Waals surface area (Å²) in [6, 6.07) is -0.731. The summed E-state index contributed by atoms with van der Waals surface area (Å²) < 4.78 is 4.22. The minimum absolute atomic E-state index is 0.260. The third kappa shape index (κ3) is 1.86. The van der Waals surface area contributed by atoms with Crippen molar-refractivity contribution in [1.29, 1.82) is 0 Å². The number of alkyl carbamates (subject to hydrolysis) is 1. The SMILES string of the molecule is CC(C)CC1NC(=O)OC1(O)O. The third-order valence-corrected chi connectivity index (χ3v) is 1.70. The van der Waals surface area contributed by atoms with Crippen molar-refractivity contribution < 1.29 is 19.7 Å². The number of ether oxygens (including phenoxy) is 1. The van der Waals surface area contributed by atoms with Crippen molar-refractivity contribution in [1.82, 2.24) is 5.32 Å². The fraction of sp³-hybridized carbons (Fsp3) is 0.857. The van der Waals surface area contributed by atoms with Crippen molar-refractivity contribution in [2.45, 2.75) is 32.3 Å². The van der Waals surface area contributed by atoms with Gasteiger partial charge in [0.25, 0.3) is 0 Å². The average Bonchev–Trinajstić information content (AvgIpc) is 2.04. The second kappa shape index (κ2) is 2.91. The predicted octanol–water partition coefficient (Wildman–Crippen LogP) is -0.221. The molecule has 0 spiro atoms. The minimum atomic E-state index is -2.35. The second-order valence-electron chi connectivity index (χ2n) is 3.37. The van der Waals surface area contributed by atoms with Gasteiger partial charge >= 0.3 is 12.1 Å². The van der Waals surface area contributed by atoms with Crippen LogP contribution in [0.5, 0.6) is 0 Å². The maximum absolute atomic E-state index is 10.6. The Morgan fingerprint density at radius 2 is 2.25 bits per heavy atom. The van der Waals surface area contributed by atoms with E-state index in [0.717, 1.165) is 0 Å². The van der Waals surface area contributed by atoms with Crippen molar-refractivity contribution in [2.24, 2.45) is 5.92 Å². The Hall–Kier alpha value is -0.810. The molecular weight excluding hydrogens is 162 g/mol. The van der Waals surface area contributed by atoms with Gasteiger partial charge < -0.3 is 20.3 Å². The fourth-order valence-electron chi connectivity index (χ4n) is 1.16. The Morgan fingerprint density at radius 1 is 1.67 bits per heavy atom. The number of hydrogen-bond acceptors (Lipinski definition) is 4. The molecule has 1 aliphatic rings. The van der Waals surface area contributed by atoms with Crippen molar-refractivity contribution in [3.63, 3.8) is 0 Å². The average molecular weight is 175 g/mol. The van der Waals surface area contributed by atoms with Crippen LogP contribution in [0.1, 0.15) is 20.3 Å². The Morgan fingerprint density at radius 3 is 2.58 bits per heavy atom. The van der Waals surface area contributed by atoms with E-state index in [0.29, 0.717) is 6.42 Å². The van der Waals surface area contributed by atoms with Crippen LogP contribution in [0.15, 0.2) is 0 Å². The van der Waals surface area contributed by atoms with Crippen LogP contribution in [-0.2, 0) is 4.74 Å². The zero-order valence-electron chi connectivity index (χ0n) is 7.07. The first kappa shape index (κ1) is 9.28. The highest BCUT2D eigenvalue weighted by Gasteiger charge is 2.46. The monoisotopic (exact) mass is 175 g/mol. The van der Waals surface area contributed by atoms with Crippen molar-refractivity contribution in [3.05, 3.63) is 0 Å². The summed E-state index contributed by atoms with van der Waals surface area (Å²) in [5.74, 6) is -2.09. The van der Waals surface area contributed by atoms with Gasteiger partial charge in [-0.15, -0.1) is 0 Å². The van der Waals surface area contributed by atoms with Gasteiger partial charge in [-0.3, -0.25) is 0 Å². The summed E-state index contributed by atoms with van der Waals surface area (Å²) >= 11 is 0. The van der Waals surface area contributed by atoms with E-state index in [1.807, 2.05) is 13.8 Å². The molecule has 0 bridgehead atoms. The normalized spacial score (nSPS) is 27.1. The van der Waals surface area contributed by atoms with Crippen LogP contribution >= 0.6 is 0 Å². The Bertz CT molecular complexity index is 190. The van der Waals surface area contributed by atoms with Crippen LogP contribution in [0.2, 0.25) is 0 Å². The number of hydrogen-bond donors (Lipinski definition) is 3. The van der Waals surface area contributed by atoms with Gasteiger partial charge in [-0.25, -0.2) is 4.79 Å².